The maximum Gasteiger partial charge on any atom is 0.303 e. The molecule has 7 nitrogen and oxygen atoms in total. The maximum atomic E-state index is 9.90. The van der Waals surface area contributed by atoms with Crippen LogP contribution in [0.4, 0.5) is 0 Å². The van der Waals surface area contributed by atoms with Crippen molar-refractivity contribution in [3.63, 3.8) is 0 Å². The first-order chi connectivity index (χ1) is 7.75. The van der Waals surface area contributed by atoms with Gasteiger partial charge in [-0.3, -0.25) is 14.9 Å². The zero-order chi connectivity index (χ0) is 13.8. The molecule has 0 heterocycles. The number of carboxylic acids is 2. The van der Waals surface area contributed by atoms with Gasteiger partial charge in [0.25, 0.3) is 0 Å². The van der Waals surface area contributed by atoms with Gasteiger partial charge in [0.1, 0.15) is 12.5 Å². The van der Waals surface area contributed by atoms with Crippen LogP contribution in [0.25, 0.3) is 0 Å². The van der Waals surface area contributed by atoms with Crippen molar-refractivity contribution in [2.24, 2.45) is 0 Å². The summed E-state index contributed by atoms with van der Waals surface area (Å²) in [5, 5.41) is 35.6. The number of hydrogen-bond acceptors (Lipinski definition) is 5. The molecule has 17 heavy (non-hydrogen) atoms. The molecule has 0 rings (SSSR count). The van der Waals surface area contributed by atoms with Crippen LogP contribution in [0.3, 0.4) is 0 Å². The first-order valence-corrected chi connectivity index (χ1v) is 5.31. The molecule has 0 radical (unpaired) electrons. The first-order valence-electron chi connectivity index (χ1n) is 5.31. The number of aliphatic hydroxyl groups excluding tert-OH is 2. The molecular weight excluding hydrogens is 230 g/mol. The molecule has 7 heteroatoms. The van der Waals surface area contributed by atoms with Gasteiger partial charge in [0, 0.05) is 12.8 Å². The smallest absolute Gasteiger partial charge is 0.303 e. The number of carbonyl (C=O) groups is 2. The lowest BCUT2D eigenvalue weighted by molar-refractivity contribution is -0.139. The molecule has 0 bridgehead atoms. The molecule has 2 atom stereocenters. The summed E-state index contributed by atoms with van der Waals surface area (Å²) in [5.41, 5.74) is 0. The van der Waals surface area contributed by atoms with E-state index in [1.165, 1.54) is 0 Å². The van der Waals surface area contributed by atoms with Gasteiger partial charge in [0.05, 0.1) is 0 Å². The average molecular weight is 251 g/mol. The van der Waals surface area contributed by atoms with Crippen molar-refractivity contribution in [2.45, 2.75) is 52.0 Å². The predicted octanol–water partition coefficient (Wildman–Crippen LogP) is -0.0314. The molecule has 0 fully saturated rings. The summed E-state index contributed by atoms with van der Waals surface area (Å²) in [6.07, 6.45) is -0.232. The van der Waals surface area contributed by atoms with E-state index in [0.29, 0.717) is 12.8 Å². The minimum atomic E-state index is -0.870. The number of unbranched alkanes of at least 4 members (excludes halogenated alkanes) is 1. The van der Waals surface area contributed by atoms with Gasteiger partial charge in [0.2, 0.25) is 0 Å². The standard InChI is InChI=1S/C6H10O4.C4H11NO2/c7-5(8)3-1-2-4-6(9)10;1-3(6)5-4(2)7/h1-4H2,(H,7,8)(H,9,10);3-7H,1-2H3. The van der Waals surface area contributed by atoms with Crippen LogP contribution in [0.15, 0.2) is 0 Å². The van der Waals surface area contributed by atoms with Gasteiger partial charge in [-0.2, -0.15) is 0 Å². The van der Waals surface area contributed by atoms with Crippen LogP contribution in [-0.2, 0) is 9.59 Å². The van der Waals surface area contributed by atoms with Crippen molar-refractivity contribution in [3.8, 4) is 0 Å². The molecule has 0 aliphatic heterocycles. The Morgan fingerprint density at radius 1 is 0.941 bits per heavy atom. The van der Waals surface area contributed by atoms with E-state index < -0.39 is 24.4 Å². The molecule has 0 aromatic carbocycles. The number of aliphatic carboxylic acids is 2. The molecular formula is C10H21NO6. The lowest BCUT2D eigenvalue weighted by Gasteiger charge is -2.08. The number of rotatable bonds is 7. The second-order valence-corrected chi connectivity index (χ2v) is 3.51. The molecule has 0 aliphatic rings. The highest BCUT2D eigenvalue weighted by molar-refractivity contribution is 5.67. The van der Waals surface area contributed by atoms with Crippen molar-refractivity contribution in [3.05, 3.63) is 0 Å². The van der Waals surface area contributed by atoms with E-state index in [0.717, 1.165) is 0 Å². The molecule has 0 aliphatic carbocycles. The number of aliphatic hydroxyl groups is 2. The Labute approximate surface area is 100 Å². The molecule has 0 aromatic rings. The molecule has 2 unspecified atom stereocenters. The van der Waals surface area contributed by atoms with Crippen molar-refractivity contribution >= 4 is 11.9 Å². The third kappa shape index (κ3) is 25.3. The van der Waals surface area contributed by atoms with Crippen LogP contribution in [0.2, 0.25) is 0 Å². The summed E-state index contributed by atoms with van der Waals surface area (Å²) in [6.45, 7) is 3.10. The Morgan fingerprint density at radius 3 is 1.35 bits per heavy atom. The Bertz CT molecular complexity index is 195. The molecule has 5 N–H and O–H groups in total. The van der Waals surface area contributed by atoms with E-state index >= 15 is 0 Å². The second-order valence-electron chi connectivity index (χ2n) is 3.51. The van der Waals surface area contributed by atoms with Crippen molar-refractivity contribution in [1.82, 2.24) is 5.32 Å². The third-order valence-corrected chi connectivity index (χ3v) is 1.51. The van der Waals surface area contributed by atoms with Crippen LogP contribution < -0.4 is 5.32 Å². The number of carboxylic acid groups (broad SMARTS) is 2. The highest BCUT2D eigenvalue weighted by Crippen LogP contribution is 1.98. The zero-order valence-electron chi connectivity index (χ0n) is 10.1. The van der Waals surface area contributed by atoms with Gasteiger partial charge >= 0.3 is 11.9 Å². The average Bonchev–Trinajstić information content (AvgIpc) is 2.10. The van der Waals surface area contributed by atoms with Gasteiger partial charge < -0.3 is 20.4 Å². The van der Waals surface area contributed by atoms with Crippen LogP contribution in [-0.4, -0.2) is 44.8 Å². The largest absolute Gasteiger partial charge is 0.481 e. The van der Waals surface area contributed by atoms with Crippen molar-refractivity contribution < 1.29 is 30.0 Å². The summed E-state index contributed by atoms with van der Waals surface area (Å²) >= 11 is 0. The van der Waals surface area contributed by atoms with Crippen molar-refractivity contribution in [2.75, 3.05) is 0 Å². The number of nitrogens with one attached hydrogen (secondary N) is 1. The quantitative estimate of drug-likeness (QED) is 0.317. The van der Waals surface area contributed by atoms with Crippen LogP contribution >= 0.6 is 0 Å². The van der Waals surface area contributed by atoms with E-state index in [-0.39, 0.29) is 12.8 Å². The Morgan fingerprint density at radius 2 is 1.24 bits per heavy atom. The highest BCUT2D eigenvalue weighted by Gasteiger charge is 1.99. The topological polar surface area (TPSA) is 127 Å². The van der Waals surface area contributed by atoms with Crippen LogP contribution in [0.1, 0.15) is 39.5 Å². The summed E-state index contributed by atoms with van der Waals surface area (Å²) in [6, 6.07) is 0. The zero-order valence-corrected chi connectivity index (χ0v) is 10.1. The normalized spacial score (nSPS) is 13.2. The second kappa shape index (κ2) is 11.3. The summed E-state index contributed by atoms with van der Waals surface area (Å²) in [5.74, 6) is -1.74. The minimum Gasteiger partial charge on any atom is -0.481 e. The molecule has 0 aromatic heterocycles. The fraction of sp³-hybridized carbons (Fsp3) is 0.800. The van der Waals surface area contributed by atoms with Gasteiger partial charge in [0.15, 0.2) is 0 Å². The van der Waals surface area contributed by atoms with Crippen LogP contribution in [0.5, 0.6) is 0 Å². The van der Waals surface area contributed by atoms with Crippen LogP contribution in [0, 0.1) is 0 Å². The Balaban J connectivity index is 0. The van der Waals surface area contributed by atoms with E-state index in [2.05, 4.69) is 5.32 Å². The number of hydrogen-bond donors (Lipinski definition) is 5. The van der Waals surface area contributed by atoms with E-state index in [4.69, 9.17) is 20.4 Å². The van der Waals surface area contributed by atoms with Crippen molar-refractivity contribution in [1.29, 1.82) is 0 Å². The monoisotopic (exact) mass is 251 g/mol. The van der Waals surface area contributed by atoms with E-state index in [9.17, 15) is 9.59 Å². The lowest BCUT2D eigenvalue weighted by atomic mass is 10.2. The Kier molecular flexibility index (Phi) is 12.1. The van der Waals surface area contributed by atoms with Gasteiger partial charge in [-0.05, 0) is 26.7 Å². The Hall–Kier alpha value is -1.18. The predicted molar refractivity (Wildman–Crippen MR) is 60.2 cm³/mol. The van der Waals surface area contributed by atoms with Gasteiger partial charge in [-0.25, -0.2) is 0 Å². The highest BCUT2D eigenvalue weighted by atomic mass is 16.4. The maximum absolute atomic E-state index is 9.90. The minimum absolute atomic E-state index is 0.0628. The molecule has 102 valence electrons. The van der Waals surface area contributed by atoms with E-state index in [1.807, 2.05) is 0 Å². The van der Waals surface area contributed by atoms with E-state index in [1.54, 1.807) is 13.8 Å². The SMILES string of the molecule is CC(O)NC(C)O.O=C(O)CCCCC(=O)O. The van der Waals surface area contributed by atoms with Gasteiger partial charge in [-0.15, -0.1) is 0 Å². The summed E-state index contributed by atoms with van der Waals surface area (Å²) in [7, 11) is 0. The lowest BCUT2D eigenvalue weighted by Crippen LogP contribution is -2.33. The fourth-order valence-electron chi connectivity index (χ4n) is 0.902. The summed E-state index contributed by atoms with van der Waals surface area (Å²) < 4.78 is 0. The molecule has 0 spiro atoms. The van der Waals surface area contributed by atoms with Gasteiger partial charge in [-0.1, -0.05) is 0 Å². The third-order valence-electron chi connectivity index (χ3n) is 1.51. The fourth-order valence-corrected chi connectivity index (χ4v) is 0.902. The molecule has 0 saturated heterocycles. The first kappa shape index (κ1) is 18.2. The summed E-state index contributed by atoms with van der Waals surface area (Å²) in [4.78, 5) is 19.8. The molecule has 0 saturated carbocycles. The molecule has 0 amide bonds.